The van der Waals surface area contributed by atoms with Crippen molar-refractivity contribution in [2.45, 2.75) is 27.3 Å². The van der Waals surface area contributed by atoms with E-state index < -0.39 is 5.91 Å². The van der Waals surface area contributed by atoms with Gasteiger partial charge < -0.3 is 20.5 Å². The van der Waals surface area contributed by atoms with Crippen LogP contribution in [-0.2, 0) is 11.3 Å². The van der Waals surface area contributed by atoms with Gasteiger partial charge in [-0.15, -0.1) is 0 Å². The van der Waals surface area contributed by atoms with Gasteiger partial charge in [0.05, 0.1) is 6.61 Å². The van der Waals surface area contributed by atoms with E-state index in [4.69, 9.17) is 15.2 Å². The lowest BCUT2D eigenvalue weighted by Gasteiger charge is -2.16. The molecule has 1 aromatic rings. The van der Waals surface area contributed by atoms with Gasteiger partial charge in [-0.05, 0) is 25.5 Å². The molecule has 1 aromatic carbocycles. The van der Waals surface area contributed by atoms with Gasteiger partial charge in [-0.2, -0.15) is 0 Å². The fourth-order valence-corrected chi connectivity index (χ4v) is 1.77. The molecule has 112 valence electrons. The van der Waals surface area contributed by atoms with E-state index in [2.05, 4.69) is 19.2 Å². The standard InChI is InChI=1S/C15H24N2O3/c1-4-19-13-7-5-6-12(9-17-8-11(2)3)15(13)20-10-14(16)18/h5-7,11,17H,4,8-10H2,1-3H3,(H2,16,18). The summed E-state index contributed by atoms with van der Waals surface area (Å²) in [6.07, 6.45) is 0. The Bertz CT molecular complexity index is 433. The molecule has 0 heterocycles. The Morgan fingerprint density at radius 2 is 2.10 bits per heavy atom. The maximum atomic E-state index is 10.9. The summed E-state index contributed by atoms with van der Waals surface area (Å²) in [5, 5.41) is 3.35. The third-order valence-electron chi connectivity index (χ3n) is 2.59. The van der Waals surface area contributed by atoms with Crippen molar-refractivity contribution < 1.29 is 14.3 Å². The van der Waals surface area contributed by atoms with Crippen molar-refractivity contribution in [1.82, 2.24) is 5.32 Å². The molecule has 0 aliphatic heterocycles. The van der Waals surface area contributed by atoms with E-state index in [1.54, 1.807) is 0 Å². The van der Waals surface area contributed by atoms with Crippen molar-refractivity contribution in [3.63, 3.8) is 0 Å². The van der Waals surface area contributed by atoms with Gasteiger partial charge in [0, 0.05) is 12.1 Å². The first-order chi connectivity index (χ1) is 9.54. The number of carbonyl (C=O) groups excluding carboxylic acids is 1. The molecule has 0 aromatic heterocycles. The first-order valence-electron chi connectivity index (χ1n) is 6.91. The van der Waals surface area contributed by atoms with Gasteiger partial charge in [-0.25, -0.2) is 0 Å². The van der Waals surface area contributed by atoms with Crippen molar-refractivity contribution in [2.75, 3.05) is 19.8 Å². The number of amides is 1. The lowest BCUT2D eigenvalue weighted by atomic mass is 10.1. The minimum Gasteiger partial charge on any atom is -0.490 e. The van der Waals surface area contributed by atoms with E-state index in [1.165, 1.54) is 0 Å². The van der Waals surface area contributed by atoms with Crippen LogP contribution in [0.2, 0.25) is 0 Å². The van der Waals surface area contributed by atoms with E-state index in [0.717, 1.165) is 12.1 Å². The zero-order valence-electron chi connectivity index (χ0n) is 12.4. The summed E-state index contributed by atoms with van der Waals surface area (Å²) in [6, 6.07) is 5.69. The SMILES string of the molecule is CCOc1cccc(CNCC(C)C)c1OCC(N)=O. The van der Waals surface area contributed by atoms with Crippen molar-refractivity contribution in [3.8, 4) is 11.5 Å². The number of nitrogens with one attached hydrogen (secondary N) is 1. The first-order valence-corrected chi connectivity index (χ1v) is 6.91. The highest BCUT2D eigenvalue weighted by molar-refractivity contribution is 5.75. The highest BCUT2D eigenvalue weighted by Crippen LogP contribution is 2.31. The lowest BCUT2D eigenvalue weighted by molar-refractivity contribution is -0.119. The largest absolute Gasteiger partial charge is 0.490 e. The molecule has 0 aliphatic rings. The van der Waals surface area contributed by atoms with Crippen LogP contribution in [0.3, 0.4) is 0 Å². The predicted molar refractivity (Wildman–Crippen MR) is 78.8 cm³/mol. The van der Waals surface area contributed by atoms with Gasteiger partial charge >= 0.3 is 0 Å². The molecule has 0 atom stereocenters. The second kappa shape index (κ2) is 8.43. The molecule has 0 bridgehead atoms. The van der Waals surface area contributed by atoms with Crippen LogP contribution in [0, 0.1) is 5.92 Å². The van der Waals surface area contributed by atoms with Gasteiger partial charge in [0.25, 0.3) is 5.91 Å². The van der Waals surface area contributed by atoms with Crippen LogP contribution in [-0.4, -0.2) is 25.7 Å². The van der Waals surface area contributed by atoms with E-state index in [0.29, 0.717) is 30.6 Å². The first kappa shape index (κ1) is 16.3. The maximum absolute atomic E-state index is 10.9. The number of rotatable bonds is 9. The third-order valence-corrected chi connectivity index (χ3v) is 2.59. The van der Waals surface area contributed by atoms with E-state index >= 15 is 0 Å². The number of hydrogen-bond donors (Lipinski definition) is 2. The second-order valence-corrected chi connectivity index (χ2v) is 4.96. The summed E-state index contributed by atoms with van der Waals surface area (Å²) in [7, 11) is 0. The van der Waals surface area contributed by atoms with Crippen LogP contribution in [0.4, 0.5) is 0 Å². The van der Waals surface area contributed by atoms with Crippen LogP contribution in [0.1, 0.15) is 26.3 Å². The van der Waals surface area contributed by atoms with Gasteiger partial charge in [0.2, 0.25) is 0 Å². The van der Waals surface area contributed by atoms with Crippen LogP contribution in [0.15, 0.2) is 18.2 Å². The Balaban J connectivity index is 2.83. The number of carbonyl (C=O) groups is 1. The summed E-state index contributed by atoms with van der Waals surface area (Å²) in [5.74, 6) is 1.29. The monoisotopic (exact) mass is 280 g/mol. The predicted octanol–water partition coefficient (Wildman–Crippen LogP) is 1.69. The normalized spacial score (nSPS) is 10.6. The van der Waals surface area contributed by atoms with Crippen molar-refractivity contribution in [2.24, 2.45) is 11.7 Å². The zero-order valence-corrected chi connectivity index (χ0v) is 12.4. The number of primary amides is 1. The molecular formula is C15H24N2O3. The average Bonchev–Trinajstić information content (AvgIpc) is 2.37. The van der Waals surface area contributed by atoms with Crippen molar-refractivity contribution >= 4 is 5.91 Å². The molecule has 0 saturated carbocycles. The molecular weight excluding hydrogens is 256 g/mol. The molecule has 0 saturated heterocycles. The summed E-state index contributed by atoms with van der Waals surface area (Å²) in [6.45, 7) is 8.15. The molecule has 1 rings (SSSR count). The number of hydrogen-bond acceptors (Lipinski definition) is 4. The number of nitrogens with two attached hydrogens (primary N) is 1. The van der Waals surface area contributed by atoms with Gasteiger partial charge in [-0.1, -0.05) is 26.0 Å². The average molecular weight is 280 g/mol. The van der Waals surface area contributed by atoms with Crippen LogP contribution in [0.25, 0.3) is 0 Å². The quantitative estimate of drug-likeness (QED) is 0.722. The molecule has 0 aliphatic carbocycles. The molecule has 0 fully saturated rings. The molecule has 0 spiro atoms. The van der Waals surface area contributed by atoms with Gasteiger partial charge in [0.15, 0.2) is 18.1 Å². The molecule has 3 N–H and O–H groups in total. The smallest absolute Gasteiger partial charge is 0.255 e. The summed E-state index contributed by atoms with van der Waals surface area (Å²) in [5.41, 5.74) is 6.09. The van der Waals surface area contributed by atoms with Crippen LogP contribution in [0.5, 0.6) is 11.5 Å². The second-order valence-electron chi connectivity index (χ2n) is 4.96. The van der Waals surface area contributed by atoms with Crippen molar-refractivity contribution in [3.05, 3.63) is 23.8 Å². The lowest BCUT2D eigenvalue weighted by Crippen LogP contribution is -2.22. The molecule has 0 unspecified atom stereocenters. The fourth-order valence-electron chi connectivity index (χ4n) is 1.77. The summed E-state index contributed by atoms with van der Waals surface area (Å²) in [4.78, 5) is 10.9. The Morgan fingerprint density at radius 1 is 1.35 bits per heavy atom. The fraction of sp³-hybridized carbons (Fsp3) is 0.533. The number of ether oxygens (including phenoxy) is 2. The minimum atomic E-state index is -0.502. The number of benzene rings is 1. The molecule has 0 radical (unpaired) electrons. The third kappa shape index (κ3) is 5.48. The van der Waals surface area contributed by atoms with Crippen LogP contribution >= 0.6 is 0 Å². The number of para-hydroxylation sites is 1. The molecule has 5 nitrogen and oxygen atoms in total. The Labute approximate surface area is 120 Å². The van der Waals surface area contributed by atoms with Crippen LogP contribution < -0.4 is 20.5 Å². The molecule has 5 heteroatoms. The van der Waals surface area contributed by atoms with Gasteiger partial charge in [-0.3, -0.25) is 4.79 Å². The van der Waals surface area contributed by atoms with Crippen molar-refractivity contribution in [1.29, 1.82) is 0 Å². The highest BCUT2D eigenvalue weighted by atomic mass is 16.5. The Hall–Kier alpha value is -1.75. The summed E-state index contributed by atoms with van der Waals surface area (Å²) >= 11 is 0. The van der Waals surface area contributed by atoms with E-state index in [9.17, 15) is 4.79 Å². The highest BCUT2D eigenvalue weighted by Gasteiger charge is 2.12. The Kier molecular flexibility index (Phi) is 6.87. The minimum absolute atomic E-state index is 0.152. The van der Waals surface area contributed by atoms with E-state index in [1.807, 2.05) is 25.1 Å². The summed E-state index contributed by atoms with van der Waals surface area (Å²) < 4.78 is 11.0. The zero-order chi connectivity index (χ0) is 15.0. The van der Waals surface area contributed by atoms with E-state index in [-0.39, 0.29) is 6.61 Å². The molecule has 1 amide bonds. The van der Waals surface area contributed by atoms with Gasteiger partial charge in [0.1, 0.15) is 0 Å². The Morgan fingerprint density at radius 3 is 2.70 bits per heavy atom. The topological polar surface area (TPSA) is 73.6 Å². The molecule has 20 heavy (non-hydrogen) atoms. The maximum Gasteiger partial charge on any atom is 0.255 e.